The van der Waals surface area contributed by atoms with E-state index < -0.39 is 17.3 Å². The number of carbonyl (C=O) groups excluding carboxylic acids is 1. The summed E-state index contributed by atoms with van der Waals surface area (Å²) in [5.74, 6) is -0.339. The van der Waals surface area contributed by atoms with Crippen LogP contribution in [0.25, 0.3) is 0 Å². The predicted octanol–water partition coefficient (Wildman–Crippen LogP) is 2.00. The molecule has 3 rings (SSSR count). The molecule has 1 aromatic rings. The van der Waals surface area contributed by atoms with Gasteiger partial charge < -0.3 is 9.64 Å². The average Bonchev–Trinajstić information content (AvgIpc) is 2.68. The number of esters is 1. The highest BCUT2D eigenvalue weighted by Crippen LogP contribution is 2.22. The number of ether oxygens (including phenoxy) is 1. The summed E-state index contributed by atoms with van der Waals surface area (Å²) in [6, 6.07) is 7.23. The van der Waals surface area contributed by atoms with Crippen LogP contribution in [-0.2, 0) is 25.1 Å². The van der Waals surface area contributed by atoms with Gasteiger partial charge in [-0.3, -0.25) is 4.79 Å². The van der Waals surface area contributed by atoms with Crippen molar-refractivity contribution in [3.8, 4) is 0 Å². The van der Waals surface area contributed by atoms with Gasteiger partial charge in [-0.1, -0.05) is 11.6 Å². The van der Waals surface area contributed by atoms with Crippen LogP contribution in [0.4, 0.5) is 5.69 Å². The van der Waals surface area contributed by atoms with E-state index in [1.165, 1.54) is 12.2 Å². The van der Waals surface area contributed by atoms with Crippen molar-refractivity contribution in [3.05, 3.63) is 29.3 Å². The minimum atomic E-state index is -1.61. The maximum atomic E-state index is 12.6. The molecule has 0 aliphatic carbocycles. The van der Waals surface area contributed by atoms with Gasteiger partial charge in [-0.25, -0.2) is 4.21 Å². The molecule has 2 aliphatic heterocycles. The molecule has 0 spiro atoms. The molecule has 2 atom stereocenters. The van der Waals surface area contributed by atoms with Gasteiger partial charge >= 0.3 is 5.97 Å². The topological polar surface area (TPSA) is 62.3 Å². The van der Waals surface area contributed by atoms with Gasteiger partial charge in [0.05, 0.1) is 7.11 Å². The lowest BCUT2D eigenvalue weighted by molar-refractivity contribution is -0.167. The zero-order valence-corrected chi connectivity index (χ0v) is 16.4. The maximum Gasteiger partial charge on any atom is 0.325 e. The van der Waals surface area contributed by atoms with Crippen molar-refractivity contribution in [2.45, 2.75) is 25.3 Å². The fraction of sp³-hybridized carbons (Fsp3) is 0.588. The first-order chi connectivity index (χ1) is 12.6. The Balaban J connectivity index is 1.53. The molecule has 2 heterocycles. The molecule has 2 fully saturated rings. The highest BCUT2D eigenvalue weighted by atomic mass is 35.5. The molecule has 0 aromatic heterocycles. The van der Waals surface area contributed by atoms with E-state index in [0.717, 1.165) is 31.6 Å². The van der Waals surface area contributed by atoms with E-state index in [9.17, 15) is 9.00 Å². The number of benzene rings is 1. The van der Waals surface area contributed by atoms with E-state index >= 15 is 0 Å². The van der Waals surface area contributed by atoms with Crippen LogP contribution < -0.4 is 4.90 Å². The molecule has 144 valence electrons. The Labute approximate surface area is 161 Å². The molecule has 2 unspecified atom stereocenters. The number of halogens is 1. The Morgan fingerprint density at radius 1 is 1.12 bits per heavy atom. The number of methoxy groups -OCH3 is 1. The lowest BCUT2D eigenvalue weighted by Gasteiger charge is -2.37. The second-order valence-electron chi connectivity index (χ2n) is 6.36. The number of piperidine rings is 1. The summed E-state index contributed by atoms with van der Waals surface area (Å²) >= 11 is 4.32. The summed E-state index contributed by atoms with van der Waals surface area (Å²) < 4.78 is 24.8. The van der Waals surface area contributed by atoms with E-state index in [-0.39, 0.29) is 5.97 Å². The number of hydroxylamine groups is 2. The van der Waals surface area contributed by atoms with Crippen LogP contribution in [0.3, 0.4) is 0 Å². The van der Waals surface area contributed by atoms with Gasteiger partial charge in [-0.15, -0.1) is 0 Å². The Morgan fingerprint density at radius 3 is 2.46 bits per heavy atom. The normalized spacial score (nSPS) is 23.6. The molecule has 26 heavy (non-hydrogen) atoms. The number of hydrogen-bond acceptors (Lipinski definition) is 6. The predicted molar refractivity (Wildman–Crippen MR) is 101 cm³/mol. The van der Waals surface area contributed by atoms with Crippen molar-refractivity contribution < 1.29 is 18.0 Å². The summed E-state index contributed by atoms with van der Waals surface area (Å²) in [4.78, 5) is 14.1. The van der Waals surface area contributed by atoms with Crippen LogP contribution in [0.1, 0.15) is 19.3 Å². The van der Waals surface area contributed by atoms with Gasteiger partial charge in [0.25, 0.3) is 11.3 Å². The Morgan fingerprint density at radius 2 is 1.81 bits per heavy atom. The fourth-order valence-corrected chi connectivity index (χ4v) is 4.27. The van der Waals surface area contributed by atoms with Crippen LogP contribution in [0.15, 0.2) is 24.3 Å². The van der Waals surface area contributed by atoms with E-state index in [2.05, 4.69) is 4.90 Å². The Hall–Kier alpha value is -1.19. The second kappa shape index (κ2) is 9.14. The molecule has 2 aliphatic rings. The van der Waals surface area contributed by atoms with Crippen LogP contribution in [0.5, 0.6) is 0 Å². The molecule has 0 radical (unpaired) electrons. The monoisotopic (exact) mass is 401 g/mol. The third-order valence-electron chi connectivity index (χ3n) is 4.73. The van der Waals surface area contributed by atoms with Crippen molar-refractivity contribution in [2.75, 3.05) is 44.7 Å². The molecular formula is C17H24ClN3O4S. The first-order valence-electron chi connectivity index (χ1n) is 8.79. The zero-order valence-electron chi connectivity index (χ0n) is 14.8. The van der Waals surface area contributed by atoms with Gasteiger partial charge in [0, 0.05) is 43.4 Å². The van der Waals surface area contributed by atoms with Gasteiger partial charge in [0.15, 0.2) is 0 Å². The number of nitrogens with zero attached hydrogens (tertiary/aromatic N) is 3. The molecule has 0 bridgehead atoms. The first kappa shape index (κ1) is 19.6. The van der Waals surface area contributed by atoms with Crippen LogP contribution >= 0.6 is 11.6 Å². The summed E-state index contributed by atoms with van der Waals surface area (Å²) in [5, 5.41) is 2.24. The smallest absolute Gasteiger partial charge is 0.325 e. The van der Waals surface area contributed by atoms with Gasteiger partial charge in [0.1, 0.15) is 6.04 Å². The zero-order chi connectivity index (χ0) is 18.5. The van der Waals surface area contributed by atoms with Crippen molar-refractivity contribution in [3.63, 3.8) is 0 Å². The number of carbonyl (C=O) groups is 1. The second-order valence-corrected chi connectivity index (χ2v) is 7.90. The van der Waals surface area contributed by atoms with Gasteiger partial charge in [0.2, 0.25) is 0 Å². The number of hydrogen-bond donors (Lipinski definition) is 0. The minimum Gasteiger partial charge on any atom is -0.468 e. The van der Waals surface area contributed by atoms with Crippen molar-refractivity contribution in [1.29, 1.82) is 0 Å². The minimum absolute atomic E-state index is 0.339. The number of anilines is 1. The SMILES string of the molecule is COC(=O)C1CCCCN1OS(=O)N1CCN(c2ccc(Cl)cc2)CC1. The molecule has 0 saturated carbocycles. The molecule has 9 heteroatoms. The fourth-order valence-electron chi connectivity index (χ4n) is 3.24. The maximum absolute atomic E-state index is 12.6. The van der Waals surface area contributed by atoms with E-state index in [1.807, 2.05) is 24.3 Å². The lowest BCUT2D eigenvalue weighted by Crippen LogP contribution is -2.51. The Bertz CT molecular complexity index is 637. The highest BCUT2D eigenvalue weighted by molar-refractivity contribution is 7.77. The standard InChI is InChI=1S/C17H24ClN3O4S/c1-24-17(22)16-4-2-3-9-21(16)25-26(23)20-12-10-19(11-13-20)15-7-5-14(18)6-8-15/h5-8,16H,2-4,9-13H2,1H3. The van der Waals surface area contributed by atoms with Crippen molar-refractivity contribution >= 4 is 34.5 Å². The largest absolute Gasteiger partial charge is 0.468 e. The third-order valence-corrected chi connectivity index (χ3v) is 6.09. The summed E-state index contributed by atoms with van der Waals surface area (Å²) in [5.41, 5.74) is 1.10. The molecule has 0 amide bonds. The molecule has 7 nitrogen and oxygen atoms in total. The average molecular weight is 402 g/mol. The number of rotatable bonds is 5. The van der Waals surface area contributed by atoms with Crippen LogP contribution in [-0.4, -0.2) is 65.4 Å². The number of piperazine rings is 1. The summed E-state index contributed by atoms with van der Waals surface area (Å²) in [7, 11) is 1.36. The molecular weight excluding hydrogens is 378 g/mol. The highest BCUT2D eigenvalue weighted by Gasteiger charge is 2.33. The lowest BCUT2D eigenvalue weighted by atomic mass is 10.1. The Kier molecular flexibility index (Phi) is 6.88. The van der Waals surface area contributed by atoms with Crippen LogP contribution in [0.2, 0.25) is 5.02 Å². The molecule has 2 saturated heterocycles. The van der Waals surface area contributed by atoms with Gasteiger partial charge in [-0.05, 0) is 43.5 Å². The summed E-state index contributed by atoms with van der Waals surface area (Å²) in [6.45, 7) is 3.31. The third kappa shape index (κ3) is 4.75. The van der Waals surface area contributed by atoms with Crippen LogP contribution in [0, 0.1) is 0 Å². The first-order valence-corrected chi connectivity index (χ1v) is 10.2. The van der Waals surface area contributed by atoms with E-state index in [0.29, 0.717) is 31.1 Å². The van der Waals surface area contributed by atoms with Crippen molar-refractivity contribution in [2.24, 2.45) is 0 Å². The van der Waals surface area contributed by atoms with E-state index in [1.54, 1.807) is 4.31 Å². The van der Waals surface area contributed by atoms with E-state index in [4.69, 9.17) is 20.6 Å². The van der Waals surface area contributed by atoms with Gasteiger partial charge in [-0.2, -0.15) is 13.7 Å². The molecule has 1 aromatic carbocycles. The summed E-state index contributed by atoms with van der Waals surface area (Å²) in [6.07, 6.45) is 2.51. The molecule has 0 N–H and O–H groups in total. The quantitative estimate of drug-likeness (QED) is 0.703. The van der Waals surface area contributed by atoms with Crippen molar-refractivity contribution in [1.82, 2.24) is 9.37 Å².